The van der Waals surface area contributed by atoms with Gasteiger partial charge in [0.1, 0.15) is 11.4 Å². The topological polar surface area (TPSA) is 102 Å². The third-order valence-corrected chi connectivity index (χ3v) is 4.88. The zero-order chi connectivity index (χ0) is 27.0. The summed E-state index contributed by atoms with van der Waals surface area (Å²) in [5, 5.41) is 2.71. The van der Waals surface area contributed by atoms with Gasteiger partial charge in [-0.1, -0.05) is 19.9 Å². The second-order valence-corrected chi connectivity index (χ2v) is 8.38. The predicted octanol–water partition coefficient (Wildman–Crippen LogP) is 5.49. The molecule has 2 aromatic carbocycles. The van der Waals surface area contributed by atoms with Crippen LogP contribution in [-0.4, -0.2) is 52.5 Å². The summed E-state index contributed by atoms with van der Waals surface area (Å²) in [6.07, 6.45) is 0.849. The number of carbonyl (C=O) groups excluding carboxylic acids is 2. The molecule has 0 atom stereocenters. The first-order valence-electron chi connectivity index (χ1n) is 11.5. The van der Waals surface area contributed by atoms with Crippen molar-refractivity contribution in [3.8, 4) is 28.7 Å². The Morgan fingerprint density at radius 1 is 0.917 bits per heavy atom. The van der Waals surface area contributed by atoms with Crippen LogP contribution in [0, 0.1) is 0 Å². The van der Waals surface area contributed by atoms with Crippen LogP contribution in [0.4, 0.5) is 10.5 Å². The minimum absolute atomic E-state index is 0.179. The van der Waals surface area contributed by atoms with Crippen LogP contribution < -0.4 is 29.0 Å². The standard InChI is InChI=1S/C25H29NO8.C2H6/c1-25(2,3)34-24(28)26-18-10-14(8-9-19(18)29-4)16-11-15(27)13-33-21-17(16)12-20(30-5)22(31-6)23(21)32-7;1-2/h8-12H,13H2,1-7H3,(H,26,28);1-2H3. The lowest BCUT2D eigenvalue weighted by molar-refractivity contribution is -0.116. The summed E-state index contributed by atoms with van der Waals surface area (Å²) in [4.78, 5) is 25.0. The van der Waals surface area contributed by atoms with Gasteiger partial charge in [-0.15, -0.1) is 0 Å². The molecule has 0 spiro atoms. The van der Waals surface area contributed by atoms with Crippen LogP contribution >= 0.6 is 0 Å². The maximum absolute atomic E-state index is 12.6. The van der Waals surface area contributed by atoms with Gasteiger partial charge in [-0.3, -0.25) is 10.1 Å². The van der Waals surface area contributed by atoms with Crippen LogP contribution in [-0.2, 0) is 9.53 Å². The third kappa shape index (κ3) is 6.41. The van der Waals surface area contributed by atoms with Crippen molar-refractivity contribution in [3.63, 3.8) is 0 Å². The van der Waals surface area contributed by atoms with Crippen LogP contribution in [0.25, 0.3) is 5.57 Å². The molecule has 0 radical (unpaired) electrons. The van der Waals surface area contributed by atoms with E-state index in [4.69, 9.17) is 28.4 Å². The third-order valence-electron chi connectivity index (χ3n) is 4.88. The number of ether oxygens (including phenoxy) is 6. The molecule has 0 saturated carbocycles. The van der Waals surface area contributed by atoms with Crippen LogP contribution in [0.1, 0.15) is 45.7 Å². The van der Waals surface area contributed by atoms with Crippen LogP contribution in [0.3, 0.4) is 0 Å². The van der Waals surface area contributed by atoms with E-state index in [1.165, 1.54) is 34.5 Å². The molecule has 1 aliphatic heterocycles. The first-order valence-corrected chi connectivity index (χ1v) is 11.5. The molecule has 1 aliphatic rings. The Kier molecular flexibility index (Phi) is 9.60. The van der Waals surface area contributed by atoms with Crippen LogP contribution in [0.2, 0.25) is 0 Å². The molecule has 0 fully saturated rings. The lowest BCUT2D eigenvalue weighted by Gasteiger charge is -2.21. The van der Waals surface area contributed by atoms with Crippen molar-refractivity contribution in [1.82, 2.24) is 0 Å². The molecule has 0 aromatic heterocycles. The number of rotatable bonds is 6. The summed E-state index contributed by atoms with van der Waals surface area (Å²) in [5.41, 5.74) is 1.44. The second kappa shape index (κ2) is 12.2. The van der Waals surface area contributed by atoms with E-state index < -0.39 is 11.7 Å². The van der Waals surface area contributed by atoms with Gasteiger partial charge in [-0.25, -0.2) is 4.79 Å². The van der Waals surface area contributed by atoms with Crippen molar-refractivity contribution in [2.75, 3.05) is 40.4 Å². The van der Waals surface area contributed by atoms with Crippen molar-refractivity contribution in [3.05, 3.63) is 41.5 Å². The Hall–Kier alpha value is -3.88. The fourth-order valence-corrected chi connectivity index (χ4v) is 3.52. The Morgan fingerprint density at radius 3 is 2.11 bits per heavy atom. The summed E-state index contributed by atoms with van der Waals surface area (Å²) in [6, 6.07) is 6.87. The van der Waals surface area contributed by atoms with Crippen molar-refractivity contribution >= 4 is 23.1 Å². The number of hydrogen-bond acceptors (Lipinski definition) is 8. The second-order valence-electron chi connectivity index (χ2n) is 8.38. The SMILES string of the molecule is CC.COc1ccc(C2=CC(=O)COc3c2cc(OC)c(OC)c3OC)cc1NC(=O)OC(C)(C)C. The van der Waals surface area contributed by atoms with E-state index in [0.29, 0.717) is 51.1 Å². The molecular weight excluding hydrogens is 466 g/mol. The Balaban J connectivity index is 0.00000222. The van der Waals surface area contributed by atoms with Gasteiger partial charge in [-0.2, -0.15) is 0 Å². The number of hydrogen-bond donors (Lipinski definition) is 1. The molecule has 9 nitrogen and oxygen atoms in total. The van der Waals surface area contributed by atoms with E-state index in [1.54, 1.807) is 45.0 Å². The molecule has 1 N–H and O–H groups in total. The molecular formula is C27H35NO8. The van der Waals surface area contributed by atoms with Crippen molar-refractivity contribution in [2.45, 2.75) is 40.2 Å². The zero-order valence-electron chi connectivity index (χ0n) is 22.4. The number of anilines is 1. The van der Waals surface area contributed by atoms with Crippen LogP contribution in [0.5, 0.6) is 28.7 Å². The lowest BCUT2D eigenvalue weighted by Crippen LogP contribution is -2.27. The largest absolute Gasteiger partial charge is 0.495 e. The molecule has 0 saturated heterocycles. The lowest BCUT2D eigenvalue weighted by atomic mass is 9.95. The number of methoxy groups -OCH3 is 4. The molecule has 0 bridgehead atoms. The van der Waals surface area contributed by atoms with Gasteiger partial charge in [0, 0.05) is 5.56 Å². The predicted molar refractivity (Wildman–Crippen MR) is 138 cm³/mol. The summed E-state index contributed by atoms with van der Waals surface area (Å²) < 4.78 is 33.1. The average Bonchev–Trinajstić information content (AvgIpc) is 3.01. The van der Waals surface area contributed by atoms with Gasteiger partial charge in [-0.05, 0) is 56.2 Å². The highest BCUT2D eigenvalue weighted by molar-refractivity contribution is 6.04. The molecule has 36 heavy (non-hydrogen) atoms. The first-order chi connectivity index (χ1) is 17.1. The van der Waals surface area contributed by atoms with Crippen molar-refractivity contribution in [1.29, 1.82) is 0 Å². The molecule has 3 rings (SSSR count). The van der Waals surface area contributed by atoms with Crippen molar-refractivity contribution in [2.24, 2.45) is 0 Å². The highest BCUT2D eigenvalue weighted by atomic mass is 16.6. The average molecular weight is 502 g/mol. The number of amides is 1. The molecule has 196 valence electrons. The molecule has 0 aliphatic carbocycles. The Bertz CT molecular complexity index is 1130. The highest BCUT2D eigenvalue weighted by Crippen LogP contribution is 2.50. The van der Waals surface area contributed by atoms with Gasteiger partial charge in [0.05, 0.1) is 34.1 Å². The highest BCUT2D eigenvalue weighted by Gasteiger charge is 2.28. The summed E-state index contributed by atoms with van der Waals surface area (Å²) in [6.45, 7) is 9.14. The minimum Gasteiger partial charge on any atom is -0.495 e. The Labute approximate surface area is 212 Å². The summed E-state index contributed by atoms with van der Waals surface area (Å²) >= 11 is 0. The molecule has 9 heteroatoms. The number of fused-ring (bicyclic) bond motifs is 1. The fraction of sp³-hybridized carbons (Fsp3) is 0.407. The Morgan fingerprint density at radius 2 is 1.56 bits per heavy atom. The molecule has 1 amide bonds. The molecule has 0 unspecified atom stereocenters. The van der Waals surface area contributed by atoms with E-state index in [-0.39, 0.29) is 12.4 Å². The molecule has 2 aromatic rings. The maximum atomic E-state index is 12.6. The van der Waals surface area contributed by atoms with Crippen LogP contribution in [0.15, 0.2) is 30.3 Å². The number of ketones is 1. The summed E-state index contributed by atoms with van der Waals surface area (Å²) in [7, 11) is 5.97. The zero-order valence-corrected chi connectivity index (χ0v) is 22.4. The van der Waals surface area contributed by atoms with E-state index in [1.807, 2.05) is 13.8 Å². The monoisotopic (exact) mass is 501 g/mol. The number of nitrogens with one attached hydrogen (secondary N) is 1. The first kappa shape index (κ1) is 28.4. The van der Waals surface area contributed by atoms with E-state index in [0.717, 1.165) is 0 Å². The fourth-order valence-electron chi connectivity index (χ4n) is 3.52. The maximum Gasteiger partial charge on any atom is 0.412 e. The van der Waals surface area contributed by atoms with Gasteiger partial charge < -0.3 is 28.4 Å². The minimum atomic E-state index is -0.673. The number of carbonyl (C=O) groups is 2. The van der Waals surface area contributed by atoms with E-state index in [2.05, 4.69) is 5.32 Å². The van der Waals surface area contributed by atoms with Gasteiger partial charge in [0.2, 0.25) is 11.5 Å². The quantitative estimate of drug-likeness (QED) is 0.555. The normalized spacial score (nSPS) is 12.5. The number of benzene rings is 2. The van der Waals surface area contributed by atoms with Gasteiger partial charge >= 0.3 is 6.09 Å². The smallest absolute Gasteiger partial charge is 0.412 e. The van der Waals surface area contributed by atoms with E-state index >= 15 is 0 Å². The van der Waals surface area contributed by atoms with Gasteiger partial charge in [0.15, 0.2) is 23.9 Å². The van der Waals surface area contributed by atoms with Gasteiger partial charge in [0.25, 0.3) is 0 Å². The summed E-state index contributed by atoms with van der Waals surface area (Å²) in [5.74, 6) is 1.58. The molecule has 1 heterocycles. The van der Waals surface area contributed by atoms with E-state index in [9.17, 15) is 9.59 Å². The van der Waals surface area contributed by atoms with Crippen molar-refractivity contribution < 1.29 is 38.0 Å².